The number of nitrogens with zero attached hydrogens (tertiary/aromatic N) is 2. The van der Waals surface area contributed by atoms with Gasteiger partial charge >= 0.3 is 11.9 Å². The van der Waals surface area contributed by atoms with Crippen LogP contribution in [0.3, 0.4) is 0 Å². The Hall–Kier alpha value is -2.74. The number of amides is 2. The highest BCUT2D eigenvalue weighted by molar-refractivity contribution is 5.92. The number of nitrogens with one attached hydrogen (secondary N) is 2. The fraction of sp³-hybridized carbons (Fsp3) is 0.647. The zero-order valence-corrected chi connectivity index (χ0v) is 16.3. The van der Waals surface area contributed by atoms with E-state index in [4.69, 9.17) is 4.74 Å². The van der Waals surface area contributed by atoms with Crippen LogP contribution in [0.15, 0.2) is 9.59 Å². The topological polar surface area (TPSA) is 136 Å². The van der Waals surface area contributed by atoms with Gasteiger partial charge in [-0.15, -0.1) is 0 Å². The van der Waals surface area contributed by atoms with Crippen LogP contribution in [-0.2, 0) is 9.53 Å². The number of hydrogen-bond donors (Lipinski definition) is 3. The minimum atomic E-state index is -5.09. The number of halogens is 4. The van der Waals surface area contributed by atoms with Crippen LogP contribution < -0.4 is 11.2 Å². The van der Waals surface area contributed by atoms with Gasteiger partial charge in [-0.05, 0) is 19.8 Å². The van der Waals surface area contributed by atoms with Gasteiger partial charge in [0.2, 0.25) is 11.4 Å². The molecule has 0 aromatic carbocycles. The van der Waals surface area contributed by atoms with E-state index in [1.54, 1.807) is 4.98 Å². The van der Waals surface area contributed by atoms with Crippen molar-refractivity contribution in [1.29, 1.82) is 0 Å². The number of alkyl halides is 3. The first-order valence-corrected chi connectivity index (χ1v) is 9.36. The van der Waals surface area contributed by atoms with Gasteiger partial charge in [-0.25, -0.2) is 4.79 Å². The van der Waals surface area contributed by atoms with Crippen LogP contribution in [0.5, 0.6) is 0 Å². The van der Waals surface area contributed by atoms with Crippen LogP contribution >= 0.6 is 0 Å². The first-order chi connectivity index (χ1) is 14.3. The second-order valence-electron chi connectivity index (χ2n) is 7.63. The summed E-state index contributed by atoms with van der Waals surface area (Å²) in [4.78, 5) is 52.5. The van der Waals surface area contributed by atoms with E-state index in [0.717, 1.165) is 4.90 Å². The number of piperidine rings is 1. The van der Waals surface area contributed by atoms with Crippen molar-refractivity contribution >= 4 is 11.8 Å². The molecule has 0 radical (unpaired) electrons. The molecule has 14 heteroatoms. The van der Waals surface area contributed by atoms with Crippen LogP contribution in [0.2, 0.25) is 0 Å². The third kappa shape index (κ3) is 4.49. The molecule has 0 aliphatic carbocycles. The minimum absolute atomic E-state index is 0.108. The lowest BCUT2D eigenvalue weighted by Gasteiger charge is -2.44. The van der Waals surface area contributed by atoms with Gasteiger partial charge in [-0.1, -0.05) is 0 Å². The number of carbonyl (C=O) groups excluding carboxylic acids is 2. The normalized spacial score (nSPS) is 20.3. The lowest BCUT2D eigenvalue weighted by molar-refractivity contribution is -0.254. The van der Waals surface area contributed by atoms with Crippen LogP contribution in [0.4, 0.5) is 17.6 Å². The third-order valence-corrected chi connectivity index (χ3v) is 5.32. The largest absolute Gasteiger partial charge is 0.426 e. The van der Waals surface area contributed by atoms with Crippen molar-refractivity contribution in [3.8, 4) is 0 Å². The quantitative estimate of drug-likeness (QED) is 0.520. The maximum atomic E-state index is 13.8. The van der Waals surface area contributed by atoms with Gasteiger partial charge in [-0.3, -0.25) is 19.4 Å². The molecular formula is C17H20F4N4O6. The fourth-order valence-corrected chi connectivity index (χ4v) is 3.36. The molecule has 2 aliphatic rings. The van der Waals surface area contributed by atoms with Crippen molar-refractivity contribution in [2.24, 2.45) is 0 Å². The number of H-pyrrole nitrogens is 2. The summed E-state index contributed by atoms with van der Waals surface area (Å²) in [5.74, 6) is -3.69. The summed E-state index contributed by atoms with van der Waals surface area (Å²) in [7, 11) is 0. The van der Waals surface area contributed by atoms with Crippen molar-refractivity contribution in [3.63, 3.8) is 0 Å². The van der Waals surface area contributed by atoms with Gasteiger partial charge in [0.25, 0.3) is 17.4 Å². The summed E-state index contributed by atoms with van der Waals surface area (Å²) in [6.45, 7) is 0.450. The van der Waals surface area contributed by atoms with Crippen LogP contribution in [0.1, 0.15) is 30.3 Å². The Balaban J connectivity index is 1.49. The molecule has 2 amide bonds. The summed E-state index contributed by atoms with van der Waals surface area (Å²) < 4.78 is 57.8. The molecule has 1 aromatic heterocycles. The molecule has 31 heavy (non-hydrogen) atoms. The number of aliphatic hydroxyl groups is 1. The molecule has 2 saturated heterocycles. The van der Waals surface area contributed by atoms with E-state index in [1.807, 2.05) is 4.98 Å². The Morgan fingerprint density at radius 2 is 1.65 bits per heavy atom. The third-order valence-electron chi connectivity index (χ3n) is 5.32. The van der Waals surface area contributed by atoms with Gasteiger partial charge < -0.3 is 24.6 Å². The monoisotopic (exact) mass is 452 g/mol. The smallest absolute Gasteiger partial charge is 0.373 e. The van der Waals surface area contributed by atoms with Crippen molar-refractivity contribution in [2.45, 2.75) is 43.8 Å². The molecule has 0 spiro atoms. The SMILES string of the molecule is CC(O)(C(=O)N1CC(OC2CCN(C(=O)c3[nH]c(=O)[nH]c(=O)c3F)CC2)C1)C(F)(F)F. The van der Waals surface area contributed by atoms with E-state index >= 15 is 0 Å². The molecule has 172 valence electrons. The Morgan fingerprint density at radius 3 is 2.19 bits per heavy atom. The molecule has 0 bridgehead atoms. The zero-order chi connectivity index (χ0) is 23.1. The Labute approximate surface area is 171 Å². The van der Waals surface area contributed by atoms with Gasteiger partial charge in [0.05, 0.1) is 12.2 Å². The molecule has 10 nitrogen and oxygen atoms in total. The lowest BCUT2D eigenvalue weighted by Crippen LogP contribution is -2.64. The minimum Gasteiger partial charge on any atom is -0.373 e. The lowest BCUT2D eigenvalue weighted by atomic mass is 10.0. The molecule has 0 saturated carbocycles. The van der Waals surface area contributed by atoms with E-state index in [2.05, 4.69) is 0 Å². The maximum Gasteiger partial charge on any atom is 0.426 e. The molecule has 1 atom stereocenters. The summed E-state index contributed by atoms with van der Waals surface area (Å²) in [5, 5.41) is 9.43. The van der Waals surface area contributed by atoms with E-state index in [-0.39, 0.29) is 32.3 Å². The van der Waals surface area contributed by atoms with Crippen LogP contribution in [-0.4, -0.2) is 86.9 Å². The highest BCUT2D eigenvalue weighted by Crippen LogP contribution is 2.33. The number of hydrogen-bond acceptors (Lipinski definition) is 6. The maximum absolute atomic E-state index is 13.8. The second kappa shape index (κ2) is 8.07. The van der Waals surface area contributed by atoms with Crippen molar-refractivity contribution in [3.05, 3.63) is 32.3 Å². The molecule has 3 rings (SSSR count). The van der Waals surface area contributed by atoms with Crippen LogP contribution in [0, 0.1) is 5.82 Å². The van der Waals surface area contributed by atoms with Gasteiger partial charge in [0, 0.05) is 26.2 Å². The van der Waals surface area contributed by atoms with Crippen molar-refractivity contribution in [2.75, 3.05) is 26.2 Å². The van der Waals surface area contributed by atoms with Crippen LogP contribution in [0.25, 0.3) is 0 Å². The van der Waals surface area contributed by atoms with Gasteiger partial charge in [-0.2, -0.15) is 17.6 Å². The molecule has 2 aliphatic heterocycles. The van der Waals surface area contributed by atoms with Gasteiger partial charge in [0.1, 0.15) is 0 Å². The molecule has 2 fully saturated rings. The number of rotatable bonds is 4. The number of likely N-dealkylation sites (tertiary alicyclic amines) is 2. The predicted molar refractivity (Wildman–Crippen MR) is 94.7 cm³/mol. The molecule has 3 N–H and O–H groups in total. The average Bonchev–Trinajstić information content (AvgIpc) is 2.65. The highest BCUT2D eigenvalue weighted by Gasteiger charge is 2.58. The number of aromatic nitrogens is 2. The first-order valence-electron chi connectivity index (χ1n) is 9.36. The number of carbonyl (C=O) groups is 2. The standard InChI is InChI=1S/C17H20F4N4O6/c1-16(30,17(19,20)21)14(28)25-6-9(7-25)31-8-2-4-24(5-3-8)13(27)11-10(18)12(26)23-15(29)22-11/h8-9,30H,2-7H2,1H3,(H2,22,23,26,29). The van der Waals surface area contributed by atoms with E-state index in [9.17, 15) is 41.8 Å². The first kappa shape index (κ1) is 22.9. The summed E-state index contributed by atoms with van der Waals surface area (Å²) in [6, 6.07) is 0. The van der Waals surface area contributed by atoms with Crippen molar-refractivity contribution < 1.29 is 37.0 Å². The van der Waals surface area contributed by atoms with E-state index in [1.165, 1.54) is 4.90 Å². The number of ether oxygens (including phenoxy) is 1. The average molecular weight is 452 g/mol. The zero-order valence-electron chi connectivity index (χ0n) is 16.3. The fourth-order valence-electron chi connectivity index (χ4n) is 3.36. The Kier molecular flexibility index (Phi) is 5.97. The summed E-state index contributed by atoms with van der Waals surface area (Å²) >= 11 is 0. The molecular weight excluding hydrogens is 432 g/mol. The van der Waals surface area contributed by atoms with Gasteiger partial charge in [0.15, 0.2) is 5.69 Å². The molecule has 1 aromatic rings. The van der Waals surface area contributed by atoms with Crippen molar-refractivity contribution in [1.82, 2.24) is 19.8 Å². The predicted octanol–water partition coefficient (Wildman–Crippen LogP) is -0.652. The van der Waals surface area contributed by atoms with E-state index < -0.39 is 52.5 Å². The second-order valence-corrected chi connectivity index (χ2v) is 7.63. The number of aromatic amines is 2. The molecule has 1 unspecified atom stereocenters. The Morgan fingerprint density at radius 1 is 1.06 bits per heavy atom. The summed E-state index contributed by atoms with van der Waals surface area (Å²) in [5.41, 5.74) is -6.53. The Bertz CT molecular complexity index is 974. The summed E-state index contributed by atoms with van der Waals surface area (Å²) in [6.07, 6.45) is -5.31. The van der Waals surface area contributed by atoms with E-state index in [0.29, 0.717) is 19.8 Å². The highest BCUT2D eigenvalue weighted by atomic mass is 19.4. The molecule has 3 heterocycles.